The molecule has 0 aliphatic rings. The lowest BCUT2D eigenvalue weighted by Gasteiger charge is -2.08. The lowest BCUT2D eigenvalue weighted by Crippen LogP contribution is -2.07. The zero-order valence-electron chi connectivity index (χ0n) is 14.1. The van der Waals surface area contributed by atoms with E-state index in [2.05, 4.69) is 61.1 Å². The molecule has 0 radical (unpaired) electrons. The Hall–Kier alpha value is -1.91. The van der Waals surface area contributed by atoms with Crippen molar-refractivity contribution in [3.05, 3.63) is 52.7 Å². The molecule has 1 aromatic carbocycles. The number of thiazole rings is 1. The summed E-state index contributed by atoms with van der Waals surface area (Å²) in [5, 5.41) is 3.23. The van der Waals surface area contributed by atoms with Gasteiger partial charge in [-0.1, -0.05) is 23.8 Å². The summed E-state index contributed by atoms with van der Waals surface area (Å²) in [5.41, 5.74) is 7.23. The van der Waals surface area contributed by atoms with Gasteiger partial charge in [0, 0.05) is 41.5 Å². The van der Waals surface area contributed by atoms with Crippen molar-refractivity contribution in [2.45, 2.75) is 27.3 Å². The van der Waals surface area contributed by atoms with Crippen LogP contribution in [0.3, 0.4) is 0 Å². The Kier molecular flexibility index (Phi) is 4.64. The van der Waals surface area contributed by atoms with E-state index in [1.165, 1.54) is 28.1 Å². The van der Waals surface area contributed by atoms with Crippen molar-refractivity contribution < 1.29 is 4.74 Å². The molecule has 0 aliphatic carbocycles. The normalized spacial score (nSPS) is 11.1. The third kappa shape index (κ3) is 3.23. The van der Waals surface area contributed by atoms with Gasteiger partial charge in [0.1, 0.15) is 5.01 Å². The van der Waals surface area contributed by atoms with Gasteiger partial charge in [-0.05, 0) is 32.9 Å². The lowest BCUT2D eigenvalue weighted by molar-refractivity contribution is 0.186. The van der Waals surface area contributed by atoms with Gasteiger partial charge in [-0.3, -0.25) is 0 Å². The van der Waals surface area contributed by atoms with Crippen molar-refractivity contribution in [2.24, 2.45) is 0 Å². The van der Waals surface area contributed by atoms with E-state index in [1.807, 2.05) is 0 Å². The summed E-state index contributed by atoms with van der Waals surface area (Å²) in [4.78, 5) is 4.86. The highest BCUT2D eigenvalue weighted by Gasteiger charge is 2.14. The highest BCUT2D eigenvalue weighted by atomic mass is 32.1. The number of methoxy groups -OCH3 is 1. The number of aromatic nitrogens is 2. The van der Waals surface area contributed by atoms with Gasteiger partial charge >= 0.3 is 0 Å². The van der Waals surface area contributed by atoms with Crippen molar-refractivity contribution in [1.82, 2.24) is 9.55 Å². The molecule has 0 unspecified atom stereocenters. The number of hydrogen-bond acceptors (Lipinski definition) is 3. The fourth-order valence-corrected chi connectivity index (χ4v) is 3.71. The maximum atomic E-state index is 5.21. The molecule has 0 bridgehead atoms. The first kappa shape index (κ1) is 16.0. The number of nitrogens with zero attached hydrogens (tertiary/aromatic N) is 2. The minimum absolute atomic E-state index is 0.724. The molecule has 0 spiro atoms. The quantitative estimate of drug-likeness (QED) is 0.670. The van der Waals surface area contributed by atoms with Gasteiger partial charge in [0.2, 0.25) is 0 Å². The van der Waals surface area contributed by atoms with Crippen LogP contribution in [0, 0.1) is 20.8 Å². The Morgan fingerprint density at radius 2 is 2.00 bits per heavy atom. The molecule has 3 aromatic rings. The second-order valence-electron chi connectivity index (χ2n) is 5.84. The molecule has 0 saturated carbocycles. The number of aryl methyl sites for hydroxylation is 2. The zero-order chi connectivity index (χ0) is 16.4. The second kappa shape index (κ2) is 6.69. The monoisotopic (exact) mass is 326 g/mol. The average molecular weight is 326 g/mol. The summed E-state index contributed by atoms with van der Waals surface area (Å²) in [5.74, 6) is 0. The molecule has 3 rings (SSSR count). The molecule has 0 N–H and O–H groups in total. The van der Waals surface area contributed by atoms with E-state index in [9.17, 15) is 0 Å². The van der Waals surface area contributed by atoms with Gasteiger partial charge in [0.15, 0.2) is 0 Å². The van der Waals surface area contributed by atoms with Gasteiger partial charge < -0.3 is 9.30 Å². The maximum absolute atomic E-state index is 5.21. The topological polar surface area (TPSA) is 27.1 Å². The van der Waals surface area contributed by atoms with Crippen molar-refractivity contribution in [1.29, 1.82) is 0 Å². The van der Waals surface area contributed by atoms with E-state index in [1.54, 1.807) is 18.4 Å². The smallest absolute Gasteiger partial charge is 0.124 e. The largest absolute Gasteiger partial charge is 0.383 e. The van der Waals surface area contributed by atoms with Crippen LogP contribution in [-0.4, -0.2) is 23.3 Å². The van der Waals surface area contributed by atoms with Crippen LogP contribution in [0.5, 0.6) is 0 Å². The predicted octanol–water partition coefficient (Wildman–Crippen LogP) is 4.85. The highest BCUT2D eigenvalue weighted by molar-refractivity contribution is 7.13. The van der Waals surface area contributed by atoms with Crippen LogP contribution in [0.4, 0.5) is 0 Å². The summed E-state index contributed by atoms with van der Waals surface area (Å²) < 4.78 is 7.51. The van der Waals surface area contributed by atoms with Gasteiger partial charge in [-0.2, -0.15) is 0 Å². The Labute approximate surface area is 141 Å². The Bertz CT molecular complexity index is 817. The number of benzene rings is 1. The number of ether oxygens (including phenoxy) is 1. The molecule has 2 heterocycles. The molecule has 0 saturated heterocycles. The van der Waals surface area contributed by atoms with Crippen LogP contribution in [0.25, 0.3) is 21.8 Å². The fourth-order valence-electron chi connectivity index (χ4n) is 2.90. The molecule has 23 heavy (non-hydrogen) atoms. The van der Waals surface area contributed by atoms with Gasteiger partial charge in [-0.15, -0.1) is 11.3 Å². The molecule has 0 amide bonds. The molecule has 120 valence electrons. The summed E-state index contributed by atoms with van der Waals surface area (Å²) in [6.07, 6.45) is 0. The third-order valence-corrected chi connectivity index (χ3v) is 5.03. The fraction of sp³-hybridized carbons (Fsp3) is 0.316. The molecule has 4 heteroatoms. The van der Waals surface area contributed by atoms with Crippen molar-refractivity contribution in [3.8, 4) is 21.8 Å². The predicted molar refractivity (Wildman–Crippen MR) is 97.1 cm³/mol. The van der Waals surface area contributed by atoms with E-state index >= 15 is 0 Å². The van der Waals surface area contributed by atoms with Gasteiger partial charge in [0.25, 0.3) is 0 Å². The van der Waals surface area contributed by atoms with Crippen LogP contribution < -0.4 is 0 Å². The first-order valence-electron chi connectivity index (χ1n) is 7.78. The lowest BCUT2D eigenvalue weighted by atomic mass is 10.1. The number of hydrogen-bond donors (Lipinski definition) is 0. The average Bonchev–Trinajstić information content (AvgIpc) is 3.11. The van der Waals surface area contributed by atoms with Crippen molar-refractivity contribution in [2.75, 3.05) is 13.7 Å². The minimum Gasteiger partial charge on any atom is -0.383 e. The van der Waals surface area contributed by atoms with E-state index < -0.39 is 0 Å². The molecule has 0 atom stereocenters. The molecular formula is C19H22N2OS. The summed E-state index contributed by atoms with van der Waals surface area (Å²) in [7, 11) is 1.74. The molecule has 2 aromatic heterocycles. The van der Waals surface area contributed by atoms with Crippen LogP contribution in [0.2, 0.25) is 0 Å². The van der Waals surface area contributed by atoms with Gasteiger partial charge in [0.05, 0.1) is 12.3 Å². The first-order valence-corrected chi connectivity index (χ1v) is 8.66. The van der Waals surface area contributed by atoms with E-state index in [0.29, 0.717) is 0 Å². The minimum atomic E-state index is 0.724. The summed E-state index contributed by atoms with van der Waals surface area (Å²) in [6, 6.07) is 10.7. The van der Waals surface area contributed by atoms with Crippen LogP contribution in [0.15, 0.2) is 35.7 Å². The van der Waals surface area contributed by atoms with E-state index in [0.717, 1.165) is 23.9 Å². The van der Waals surface area contributed by atoms with E-state index in [-0.39, 0.29) is 0 Å². The van der Waals surface area contributed by atoms with Crippen LogP contribution in [-0.2, 0) is 11.3 Å². The Morgan fingerprint density at radius 3 is 2.74 bits per heavy atom. The van der Waals surface area contributed by atoms with Gasteiger partial charge in [-0.25, -0.2) is 4.98 Å². The SMILES string of the molecule is COCCn1c(C)cc(-c2csc(-c3cccc(C)c3)n2)c1C. The van der Waals surface area contributed by atoms with Crippen molar-refractivity contribution >= 4 is 11.3 Å². The Balaban J connectivity index is 1.94. The second-order valence-corrected chi connectivity index (χ2v) is 6.69. The summed E-state index contributed by atoms with van der Waals surface area (Å²) in [6.45, 7) is 8.01. The molecule has 0 aliphatic heterocycles. The third-order valence-electron chi connectivity index (χ3n) is 4.14. The van der Waals surface area contributed by atoms with E-state index in [4.69, 9.17) is 9.72 Å². The molecular weight excluding hydrogens is 304 g/mol. The van der Waals surface area contributed by atoms with Crippen LogP contribution in [0.1, 0.15) is 17.0 Å². The van der Waals surface area contributed by atoms with Crippen LogP contribution >= 0.6 is 11.3 Å². The maximum Gasteiger partial charge on any atom is 0.124 e. The van der Waals surface area contributed by atoms with Crippen molar-refractivity contribution in [3.63, 3.8) is 0 Å². The number of rotatable bonds is 5. The zero-order valence-corrected chi connectivity index (χ0v) is 14.9. The first-order chi connectivity index (χ1) is 11.1. The molecule has 3 nitrogen and oxygen atoms in total. The molecule has 0 fully saturated rings. The highest BCUT2D eigenvalue weighted by Crippen LogP contribution is 2.32. The Morgan fingerprint density at radius 1 is 1.17 bits per heavy atom. The standard InChI is InChI=1S/C19H22N2OS/c1-13-6-5-7-16(10-13)19-20-18(12-23-19)17-11-14(2)21(15(17)3)8-9-22-4/h5-7,10-12H,8-9H2,1-4H3. The summed E-state index contributed by atoms with van der Waals surface area (Å²) >= 11 is 1.70.